The molecule has 8 heteroatoms. The molecule has 2 unspecified atom stereocenters. The van der Waals surface area contributed by atoms with E-state index in [1.54, 1.807) is 0 Å². The zero-order valence-corrected chi connectivity index (χ0v) is 11.9. The summed E-state index contributed by atoms with van der Waals surface area (Å²) in [6, 6.07) is 0. The molecule has 1 saturated carbocycles. The lowest BCUT2D eigenvalue weighted by Gasteiger charge is -2.23. The topological polar surface area (TPSA) is 104 Å². The third-order valence-corrected chi connectivity index (χ3v) is 5.90. The van der Waals surface area contributed by atoms with E-state index in [1.807, 2.05) is 0 Å². The molecular formula is C11H20N2O5S. The van der Waals surface area contributed by atoms with Crippen LogP contribution in [0.4, 0.5) is 0 Å². The first-order valence-electron chi connectivity index (χ1n) is 6.19. The van der Waals surface area contributed by atoms with E-state index in [9.17, 15) is 18.0 Å². The number of hydrogen-bond donors (Lipinski definition) is 2. The SMILES string of the molecule is CNC(=O)CCN(C)S(=O)(=O)C1CCCC1C(=O)O. The Morgan fingerprint density at radius 3 is 2.53 bits per heavy atom. The molecule has 0 aliphatic heterocycles. The Balaban J connectivity index is 2.74. The van der Waals surface area contributed by atoms with Crippen molar-refractivity contribution in [3.8, 4) is 0 Å². The summed E-state index contributed by atoms with van der Waals surface area (Å²) in [5.74, 6) is -2.15. The van der Waals surface area contributed by atoms with E-state index >= 15 is 0 Å². The minimum Gasteiger partial charge on any atom is -0.481 e. The molecule has 0 bridgehead atoms. The van der Waals surface area contributed by atoms with Gasteiger partial charge in [-0.05, 0) is 12.8 Å². The fraction of sp³-hybridized carbons (Fsp3) is 0.818. The number of amides is 1. The molecule has 0 aromatic carbocycles. The van der Waals surface area contributed by atoms with E-state index < -0.39 is 27.2 Å². The Kier molecular flexibility index (Phi) is 5.30. The summed E-state index contributed by atoms with van der Waals surface area (Å²) >= 11 is 0. The van der Waals surface area contributed by atoms with Crippen LogP contribution in [0.2, 0.25) is 0 Å². The molecule has 0 radical (unpaired) electrons. The third-order valence-electron chi connectivity index (χ3n) is 3.52. The summed E-state index contributed by atoms with van der Waals surface area (Å²) in [4.78, 5) is 22.2. The van der Waals surface area contributed by atoms with Gasteiger partial charge < -0.3 is 10.4 Å². The molecule has 2 N–H and O–H groups in total. The third kappa shape index (κ3) is 3.66. The standard InChI is InChI=1S/C11H20N2O5S/c1-12-10(14)6-7-13(2)19(17,18)9-5-3-4-8(9)11(15)16/h8-9H,3-7H2,1-2H3,(H,12,14)(H,15,16). The Morgan fingerprint density at radius 2 is 2.00 bits per heavy atom. The van der Waals surface area contributed by atoms with Crippen molar-refractivity contribution < 1.29 is 23.1 Å². The maximum absolute atomic E-state index is 12.3. The van der Waals surface area contributed by atoms with Gasteiger partial charge in [-0.25, -0.2) is 12.7 Å². The highest BCUT2D eigenvalue weighted by molar-refractivity contribution is 7.89. The molecule has 0 heterocycles. The highest BCUT2D eigenvalue weighted by Gasteiger charge is 2.43. The molecule has 1 fully saturated rings. The van der Waals surface area contributed by atoms with Crippen LogP contribution in [0.15, 0.2) is 0 Å². The molecule has 1 amide bonds. The molecule has 110 valence electrons. The van der Waals surface area contributed by atoms with Gasteiger partial charge in [-0.3, -0.25) is 9.59 Å². The van der Waals surface area contributed by atoms with Gasteiger partial charge in [-0.2, -0.15) is 0 Å². The summed E-state index contributed by atoms with van der Waals surface area (Å²) in [5.41, 5.74) is 0. The molecule has 7 nitrogen and oxygen atoms in total. The maximum atomic E-state index is 12.3. The molecule has 1 aliphatic rings. The smallest absolute Gasteiger partial charge is 0.307 e. The number of aliphatic carboxylic acids is 1. The zero-order chi connectivity index (χ0) is 14.6. The minimum atomic E-state index is -3.66. The number of nitrogens with one attached hydrogen (secondary N) is 1. The number of carbonyl (C=O) groups is 2. The molecule has 1 rings (SSSR count). The fourth-order valence-electron chi connectivity index (χ4n) is 2.31. The average molecular weight is 292 g/mol. The normalized spacial score (nSPS) is 23.5. The van der Waals surface area contributed by atoms with Crippen LogP contribution >= 0.6 is 0 Å². The molecule has 0 aromatic heterocycles. The van der Waals surface area contributed by atoms with Crippen LogP contribution in [0.25, 0.3) is 0 Å². The zero-order valence-electron chi connectivity index (χ0n) is 11.1. The van der Waals surface area contributed by atoms with Crippen LogP contribution in [-0.2, 0) is 19.6 Å². The summed E-state index contributed by atoms with van der Waals surface area (Å²) < 4.78 is 25.7. The van der Waals surface area contributed by atoms with E-state index in [2.05, 4.69) is 5.32 Å². The van der Waals surface area contributed by atoms with Crippen LogP contribution in [0.3, 0.4) is 0 Å². The van der Waals surface area contributed by atoms with E-state index in [4.69, 9.17) is 5.11 Å². The van der Waals surface area contributed by atoms with Gasteiger partial charge in [0.25, 0.3) is 0 Å². The number of nitrogens with zero attached hydrogens (tertiary/aromatic N) is 1. The van der Waals surface area contributed by atoms with Gasteiger partial charge in [0.1, 0.15) is 0 Å². The number of hydrogen-bond acceptors (Lipinski definition) is 4. The highest BCUT2D eigenvalue weighted by atomic mass is 32.2. The molecule has 0 spiro atoms. The van der Waals surface area contributed by atoms with Gasteiger partial charge in [0.15, 0.2) is 0 Å². The number of carbonyl (C=O) groups excluding carboxylic acids is 1. The van der Waals surface area contributed by atoms with Gasteiger partial charge in [0.2, 0.25) is 15.9 Å². The van der Waals surface area contributed by atoms with Crippen molar-refractivity contribution >= 4 is 21.9 Å². The predicted octanol–water partition coefficient (Wildman–Crippen LogP) is -0.363. The Hall–Kier alpha value is -1.15. The lowest BCUT2D eigenvalue weighted by molar-refractivity contribution is -0.141. The van der Waals surface area contributed by atoms with Crippen molar-refractivity contribution in [2.24, 2.45) is 5.92 Å². The van der Waals surface area contributed by atoms with Gasteiger partial charge in [0, 0.05) is 27.1 Å². The quantitative estimate of drug-likeness (QED) is 0.695. The van der Waals surface area contributed by atoms with Gasteiger partial charge >= 0.3 is 5.97 Å². The largest absolute Gasteiger partial charge is 0.481 e. The van der Waals surface area contributed by atoms with E-state index in [1.165, 1.54) is 14.1 Å². The van der Waals surface area contributed by atoms with Crippen molar-refractivity contribution in [1.82, 2.24) is 9.62 Å². The van der Waals surface area contributed by atoms with Crippen molar-refractivity contribution in [3.05, 3.63) is 0 Å². The Labute approximate surface area is 113 Å². The van der Waals surface area contributed by atoms with Crippen molar-refractivity contribution in [2.45, 2.75) is 30.9 Å². The van der Waals surface area contributed by atoms with E-state index in [0.717, 1.165) is 4.31 Å². The molecule has 2 atom stereocenters. The van der Waals surface area contributed by atoms with Gasteiger partial charge in [0.05, 0.1) is 11.2 Å². The summed E-state index contributed by atoms with van der Waals surface area (Å²) in [6.07, 6.45) is 1.42. The predicted molar refractivity (Wildman–Crippen MR) is 69.0 cm³/mol. The Bertz CT molecular complexity index is 448. The second-order valence-corrected chi connectivity index (χ2v) is 6.96. The molecular weight excluding hydrogens is 272 g/mol. The molecule has 0 saturated heterocycles. The van der Waals surface area contributed by atoms with Crippen LogP contribution in [0.1, 0.15) is 25.7 Å². The first-order valence-corrected chi connectivity index (χ1v) is 7.69. The number of carboxylic acid groups (broad SMARTS) is 1. The number of rotatable bonds is 6. The summed E-state index contributed by atoms with van der Waals surface area (Å²) in [5, 5.41) is 10.6. The Morgan fingerprint density at radius 1 is 1.37 bits per heavy atom. The fourth-order valence-corrected chi connectivity index (χ4v) is 4.25. The van der Waals surface area contributed by atoms with Crippen molar-refractivity contribution in [3.63, 3.8) is 0 Å². The van der Waals surface area contributed by atoms with Gasteiger partial charge in [-0.1, -0.05) is 6.42 Å². The van der Waals surface area contributed by atoms with Crippen molar-refractivity contribution in [1.29, 1.82) is 0 Å². The number of sulfonamides is 1. The molecule has 19 heavy (non-hydrogen) atoms. The maximum Gasteiger partial charge on any atom is 0.307 e. The van der Waals surface area contributed by atoms with Crippen molar-refractivity contribution in [2.75, 3.05) is 20.6 Å². The summed E-state index contributed by atoms with van der Waals surface area (Å²) in [6.45, 7) is 0.0604. The first-order chi connectivity index (χ1) is 8.80. The highest BCUT2D eigenvalue weighted by Crippen LogP contribution is 2.32. The first kappa shape index (κ1) is 15.9. The van der Waals surface area contributed by atoms with Gasteiger partial charge in [-0.15, -0.1) is 0 Å². The molecule has 1 aliphatic carbocycles. The second kappa shape index (κ2) is 6.33. The number of carboxylic acids is 1. The lowest BCUT2D eigenvalue weighted by atomic mass is 10.1. The van der Waals surface area contributed by atoms with E-state index in [-0.39, 0.29) is 18.9 Å². The van der Waals surface area contributed by atoms with E-state index in [0.29, 0.717) is 19.3 Å². The minimum absolute atomic E-state index is 0.0604. The monoisotopic (exact) mass is 292 g/mol. The lowest BCUT2D eigenvalue weighted by Crippen LogP contribution is -2.41. The second-order valence-electron chi connectivity index (χ2n) is 4.70. The summed E-state index contributed by atoms with van der Waals surface area (Å²) in [7, 11) is -0.799. The van der Waals surface area contributed by atoms with Crippen LogP contribution in [0.5, 0.6) is 0 Å². The van der Waals surface area contributed by atoms with Crippen LogP contribution < -0.4 is 5.32 Å². The molecule has 0 aromatic rings. The van der Waals surface area contributed by atoms with Crippen LogP contribution in [-0.4, -0.2) is 55.6 Å². The van der Waals surface area contributed by atoms with Crippen LogP contribution in [0, 0.1) is 5.92 Å². The average Bonchev–Trinajstić information content (AvgIpc) is 2.85.